The molecule has 5 nitrogen and oxygen atoms in total. The highest BCUT2D eigenvalue weighted by Gasteiger charge is 2.28. The molecule has 2 aromatic rings. The van der Waals surface area contributed by atoms with Crippen LogP contribution in [0.3, 0.4) is 0 Å². The maximum Gasteiger partial charge on any atom is 0.255 e. The van der Waals surface area contributed by atoms with Crippen molar-refractivity contribution < 1.29 is 22.0 Å². The average Bonchev–Trinajstić information content (AvgIpc) is 2.90. The SMILES string of the molecule is O=C(Nc1cc(F)ccc1F)c1ccc(N2CCCS2(=O)=O)cc1. The van der Waals surface area contributed by atoms with Gasteiger partial charge in [0.05, 0.1) is 17.1 Å². The van der Waals surface area contributed by atoms with Crippen LogP contribution in [-0.2, 0) is 10.0 Å². The van der Waals surface area contributed by atoms with E-state index in [-0.39, 0.29) is 17.0 Å². The number of amides is 1. The predicted molar refractivity (Wildman–Crippen MR) is 86.5 cm³/mol. The minimum Gasteiger partial charge on any atom is -0.319 e. The molecular weight excluding hydrogens is 338 g/mol. The van der Waals surface area contributed by atoms with Gasteiger partial charge in [0.2, 0.25) is 10.0 Å². The largest absolute Gasteiger partial charge is 0.319 e. The number of halogens is 2. The summed E-state index contributed by atoms with van der Waals surface area (Å²) in [7, 11) is -3.29. The smallest absolute Gasteiger partial charge is 0.255 e. The summed E-state index contributed by atoms with van der Waals surface area (Å²) in [6, 6.07) is 8.67. The van der Waals surface area contributed by atoms with Crippen molar-refractivity contribution in [3.8, 4) is 0 Å². The van der Waals surface area contributed by atoms with E-state index in [0.717, 1.165) is 18.2 Å². The number of anilines is 2. The third kappa shape index (κ3) is 3.23. The Hall–Kier alpha value is -2.48. The molecule has 0 bridgehead atoms. The lowest BCUT2D eigenvalue weighted by atomic mass is 10.2. The highest BCUT2D eigenvalue weighted by molar-refractivity contribution is 7.93. The Labute approximate surface area is 138 Å². The summed E-state index contributed by atoms with van der Waals surface area (Å²) in [5, 5.41) is 2.29. The van der Waals surface area contributed by atoms with Gasteiger partial charge in [-0.2, -0.15) is 0 Å². The van der Waals surface area contributed by atoms with Crippen LogP contribution in [0.1, 0.15) is 16.8 Å². The lowest BCUT2D eigenvalue weighted by molar-refractivity contribution is 0.102. The van der Waals surface area contributed by atoms with Crippen molar-refractivity contribution in [1.82, 2.24) is 0 Å². The monoisotopic (exact) mass is 352 g/mol. The Balaban J connectivity index is 1.78. The molecule has 0 atom stereocenters. The second kappa shape index (κ2) is 6.20. The first-order chi connectivity index (χ1) is 11.4. The number of sulfonamides is 1. The molecule has 0 aromatic heterocycles. The van der Waals surface area contributed by atoms with Gasteiger partial charge < -0.3 is 5.32 Å². The molecular formula is C16H14F2N2O3S. The predicted octanol–water partition coefficient (Wildman–Crippen LogP) is 2.76. The second-order valence-electron chi connectivity index (χ2n) is 5.37. The summed E-state index contributed by atoms with van der Waals surface area (Å²) < 4.78 is 51.7. The van der Waals surface area contributed by atoms with Crippen LogP contribution in [0.4, 0.5) is 20.2 Å². The molecule has 0 spiro atoms. The van der Waals surface area contributed by atoms with E-state index < -0.39 is 27.6 Å². The molecule has 1 heterocycles. The van der Waals surface area contributed by atoms with Crippen LogP contribution in [-0.4, -0.2) is 26.6 Å². The van der Waals surface area contributed by atoms with Crippen LogP contribution in [0.5, 0.6) is 0 Å². The van der Waals surface area contributed by atoms with Gasteiger partial charge in [0, 0.05) is 18.2 Å². The van der Waals surface area contributed by atoms with Gasteiger partial charge >= 0.3 is 0 Å². The minimum atomic E-state index is -3.29. The molecule has 1 fully saturated rings. The van der Waals surface area contributed by atoms with Crippen LogP contribution < -0.4 is 9.62 Å². The zero-order valence-electron chi connectivity index (χ0n) is 12.5. The molecule has 1 aliphatic rings. The molecule has 1 N–H and O–H groups in total. The molecule has 3 rings (SSSR count). The molecule has 1 amide bonds. The van der Waals surface area contributed by atoms with E-state index >= 15 is 0 Å². The first-order valence-electron chi connectivity index (χ1n) is 7.24. The van der Waals surface area contributed by atoms with E-state index in [9.17, 15) is 22.0 Å². The average molecular weight is 352 g/mol. The number of carbonyl (C=O) groups excluding carboxylic acids is 1. The van der Waals surface area contributed by atoms with E-state index in [1.165, 1.54) is 28.6 Å². The number of nitrogens with one attached hydrogen (secondary N) is 1. The molecule has 1 aliphatic heterocycles. The lowest BCUT2D eigenvalue weighted by Crippen LogP contribution is -2.25. The maximum absolute atomic E-state index is 13.5. The third-order valence-electron chi connectivity index (χ3n) is 3.69. The standard InChI is InChI=1S/C16H14F2N2O3S/c17-12-4-7-14(18)15(10-12)19-16(21)11-2-5-13(6-3-11)20-8-1-9-24(20,22)23/h2-7,10H,1,8-9H2,(H,19,21). The highest BCUT2D eigenvalue weighted by Crippen LogP contribution is 2.24. The maximum atomic E-state index is 13.5. The van der Waals surface area contributed by atoms with Crippen molar-refractivity contribution >= 4 is 27.3 Å². The first kappa shape index (κ1) is 16.4. The number of rotatable bonds is 3. The Bertz CT molecular complexity index is 883. The van der Waals surface area contributed by atoms with Gasteiger partial charge in [-0.1, -0.05) is 0 Å². The van der Waals surface area contributed by atoms with Crippen molar-refractivity contribution in [3.05, 3.63) is 59.7 Å². The van der Waals surface area contributed by atoms with Crippen LogP contribution >= 0.6 is 0 Å². The Morgan fingerprint density at radius 2 is 1.79 bits per heavy atom. The van der Waals surface area contributed by atoms with Crippen molar-refractivity contribution in [2.45, 2.75) is 6.42 Å². The fourth-order valence-corrected chi connectivity index (χ4v) is 4.06. The van der Waals surface area contributed by atoms with Gasteiger partial charge in [-0.05, 0) is 42.8 Å². The van der Waals surface area contributed by atoms with Crippen LogP contribution in [0.2, 0.25) is 0 Å². The van der Waals surface area contributed by atoms with E-state index in [1.807, 2.05) is 0 Å². The topological polar surface area (TPSA) is 66.5 Å². The van der Waals surface area contributed by atoms with E-state index in [4.69, 9.17) is 0 Å². The van der Waals surface area contributed by atoms with E-state index in [1.54, 1.807) is 0 Å². The molecule has 24 heavy (non-hydrogen) atoms. The minimum absolute atomic E-state index is 0.105. The number of hydrogen-bond acceptors (Lipinski definition) is 3. The quantitative estimate of drug-likeness (QED) is 0.924. The molecule has 0 radical (unpaired) electrons. The zero-order chi connectivity index (χ0) is 17.3. The number of nitrogens with zero attached hydrogens (tertiary/aromatic N) is 1. The van der Waals surface area contributed by atoms with Gasteiger partial charge in [-0.3, -0.25) is 9.10 Å². The number of carbonyl (C=O) groups is 1. The highest BCUT2D eigenvalue weighted by atomic mass is 32.2. The fraction of sp³-hybridized carbons (Fsp3) is 0.188. The summed E-state index contributed by atoms with van der Waals surface area (Å²) in [5.41, 5.74) is 0.422. The molecule has 0 aliphatic carbocycles. The van der Waals surface area contributed by atoms with Crippen molar-refractivity contribution in [3.63, 3.8) is 0 Å². The molecule has 126 valence electrons. The lowest BCUT2D eigenvalue weighted by Gasteiger charge is -2.17. The Morgan fingerprint density at radius 3 is 2.42 bits per heavy atom. The number of benzene rings is 2. The van der Waals surface area contributed by atoms with Gasteiger partial charge in [0.15, 0.2) is 0 Å². The van der Waals surface area contributed by atoms with E-state index in [2.05, 4.69) is 5.32 Å². The zero-order valence-corrected chi connectivity index (χ0v) is 13.3. The molecule has 2 aromatic carbocycles. The third-order valence-corrected chi connectivity index (χ3v) is 5.56. The fourth-order valence-electron chi connectivity index (χ4n) is 2.50. The van der Waals surface area contributed by atoms with Gasteiger partial charge in [-0.15, -0.1) is 0 Å². The molecule has 8 heteroatoms. The summed E-state index contributed by atoms with van der Waals surface area (Å²) in [5.74, 6) is -1.92. The van der Waals surface area contributed by atoms with Gasteiger partial charge in [0.25, 0.3) is 5.91 Å². The van der Waals surface area contributed by atoms with Gasteiger partial charge in [0.1, 0.15) is 11.6 Å². The molecule has 1 saturated heterocycles. The summed E-state index contributed by atoms with van der Waals surface area (Å²) in [6.07, 6.45) is 0.559. The van der Waals surface area contributed by atoms with Gasteiger partial charge in [-0.25, -0.2) is 17.2 Å². The summed E-state index contributed by atoms with van der Waals surface area (Å²) in [6.45, 7) is 0.405. The Kier molecular flexibility index (Phi) is 4.23. The summed E-state index contributed by atoms with van der Waals surface area (Å²) >= 11 is 0. The first-order valence-corrected chi connectivity index (χ1v) is 8.85. The van der Waals surface area contributed by atoms with Crippen LogP contribution in [0, 0.1) is 11.6 Å². The van der Waals surface area contributed by atoms with Crippen molar-refractivity contribution in [2.75, 3.05) is 21.9 Å². The Morgan fingerprint density at radius 1 is 1.08 bits per heavy atom. The molecule has 0 saturated carbocycles. The summed E-state index contributed by atoms with van der Waals surface area (Å²) in [4.78, 5) is 12.1. The second-order valence-corrected chi connectivity index (χ2v) is 7.38. The van der Waals surface area contributed by atoms with Crippen LogP contribution in [0.15, 0.2) is 42.5 Å². The molecule has 0 unspecified atom stereocenters. The van der Waals surface area contributed by atoms with Crippen molar-refractivity contribution in [1.29, 1.82) is 0 Å². The van der Waals surface area contributed by atoms with E-state index in [0.29, 0.717) is 18.7 Å². The van der Waals surface area contributed by atoms with Crippen LogP contribution in [0.25, 0.3) is 0 Å². The number of hydrogen-bond donors (Lipinski definition) is 1. The van der Waals surface area contributed by atoms with Crippen molar-refractivity contribution in [2.24, 2.45) is 0 Å². The normalized spacial score (nSPS) is 16.2.